The summed E-state index contributed by atoms with van der Waals surface area (Å²) in [5.41, 5.74) is 2.11. The maximum absolute atomic E-state index is 11.3. The molecule has 1 saturated carbocycles. The Morgan fingerprint density at radius 1 is 1.44 bits per heavy atom. The highest BCUT2D eigenvalue weighted by Crippen LogP contribution is 2.46. The third-order valence-electron chi connectivity index (χ3n) is 4.21. The number of fused-ring (bicyclic) bond motifs is 2. The summed E-state index contributed by atoms with van der Waals surface area (Å²) in [4.78, 5) is 11.3. The summed E-state index contributed by atoms with van der Waals surface area (Å²) < 4.78 is 5.14. The molecule has 0 radical (unpaired) electrons. The molecule has 4 rings (SSSR count). The molecule has 1 N–H and O–H groups in total. The fourth-order valence-electron chi connectivity index (χ4n) is 3.21. The molecule has 3 nitrogen and oxygen atoms in total. The number of carbonyl (C=O) groups is 1. The highest BCUT2D eigenvalue weighted by atomic mass is 16.7. The summed E-state index contributed by atoms with van der Waals surface area (Å²) in [7, 11) is 0. The Balaban J connectivity index is 2.06. The first-order valence-corrected chi connectivity index (χ1v) is 5.94. The minimum atomic E-state index is -1.34. The van der Waals surface area contributed by atoms with Crippen molar-refractivity contribution in [2.45, 2.75) is 38.4 Å². The van der Waals surface area contributed by atoms with E-state index in [-0.39, 0.29) is 5.92 Å². The first-order chi connectivity index (χ1) is 7.59. The van der Waals surface area contributed by atoms with Crippen molar-refractivity contribution in [1.29, 1.82) is 0 Å². The number of aliphatic hydroxyl groups is 1. The van der Waals surface area contributed by atoms with Gasteiger partial charge in [-0.2, -0.15) is 0 Å². The van der Waals surface area contributed by atoms with Gasteiger partial charge in [-0.1, -0.05) is 11.6 Å². The fourth-order valence-corrected chi connectivity index (χ4v) is 3.21. The molecular weight excluding hydrogens is 204 g/mol. The smallest absolute Gasteiger partial charge is 0.333 e. The molecule has 0 saturated heterocycles. The van der Waals surface area contributed by atoms with Gasteiger partial charge >= 0.3 is 5.97 Å². The molecule has 0 aromatic heterocycles. The van der Waals surface area contributed by atoms with Gasteiger partial charge in [-0.05, 0) is 38.5 Å². The Kier molecular flexibility index (Phi) is 2.02. The molecular formula is C13H16O3. The van der Waals surface area contributed by atoms with Crippen molar-refractivity contribution in [3.05, 3.63) is 23.3 Å². The average Bonchev–Trinajstić information content (AvgIpc) is 2.50. The van der Waals surface area contributed by atoms with Crippen molar-refractivity contribution in [1.82, 2.24) is 0 Å². The normalized spacial score (nSPS) is 41.8. The zero-order chi connectivity index (χ0) is 11.3. The highest BCUT2D eigenvalue weighted by Gasteiger charge is 2.49. The van der Waals surface area contributed by atoms with Crippen molar-refractivity contribution in [2.24, 2.45) is 11.8 Å². The van der Waals surface area contributed by atoms with Crippen LogP contribution in [0.25, 0.3) is 0 Å². The summed E-state index contributed by atoms with van der Waals surface area (Å²) in [6.07, 6.45) is 7.36. The molecule has 0 aromatic carbocycles. The topological polar surface area (TPSA) is 46.5 Å². The van der Waals surface area contributed by atoms with E-state index in [2.05, 4.69) is 13.0 Å². The van der Waals surface area contributed by atoms with Crippen LogP contribution < -0.4 is 0 Å². The number of esters is 1. The molecule has 1 heterocycles. The summed E-state index contributed by atoms with van der Waals surface area (Å²) in [6, 6.07) is 0. The van der Waals surface area contributed by atoms with E-state index in [0.717, 1.165) is 31.3 Å². The van der Waals surface area contributed by atoms with Crippen LogP contribution in [0.1, 0.15) is 32.6 Å². The van der Waals surface area contributed by atoms with Gasteiger partial charge in [-0.3, -0.25) is 0 Å². The van der Waals surface area contributed by atoms with Crippen LogP contribution in [-0.2, 0) is 9.53 Å². The van der Waals surface area contributed by atoms with E-state index in [9.17, 15) is 9.90 Å². The monoisotopic (exact) mass is 220 g/mol. The van der Waals surface area contributed by atoms with Crippen molar-refractivity contribution in [3.8, 4) is 0 Å². The second-order valence-electron chi connectivity index (χ2n) is 5.12. The van der Waals surface area contributed by atoms with Gasteiger partial charge in [0.25, 0.3) is 0 Å². The molecule has 3 atom stereocenters. The standard InChI is InChI=1S/C13H16O3/c1-8-6-10-4-2-9(8)3-5-11-7-12(14)16-13(10,11)15/h6-7,9-10,15H,2-5H2,1H3/t9-,10-,13+/m1/s1. The Labute approximate surface area is 94.8 Å². The first kappa shape index (κ1) is 10.1. The van der Waals surface area contributed by atoms with E-state index in [4.69, 9.17) is 4.74 Å². The second kappa shape index (κ2) is 3.20. The molecule has 0 aromatic rings. The van der Waals surface area contributed by atoms with Gasteiger partial charge < -0.3 is 9.84 Å². The number of hydrogen-bond acceptors (Lipinski definition) is 3. The van der Waals surface area contributed by atoms with Gasteiger partial charge in [0.1, 0.15) is 0 Å². The van der Waals surface area contributed by atoms with E-state index in [1.807, 2.05) is 0 Å². The highest BCUT2D eigenvalue weighted by molar-refractivity contribution is 5.86. The summed E-state index contributed by atoms with van der Waals surface area (Å²) in [6.45, 7) is 2.12. The largest absolute Gasteiger partial charge is 0.425 e. The van der Waals surface area contributed by atoms with E-state index < -0.39 is 11.8 Å². The maximum atomic E-state index is 11.3. The molecule has 16 heavy (non-hydrogen) atoms. The average molecular weight is 220 g/mol. The fraction of sp³-hybridized carbons (Fsp3) is 0.615. The van der Waals surface area contributed by atoms with Crippen LogP contribution in [0.15, 0.2) is 23.3 Å². The van der Waals surface area contributed by atoms with E-state index in [1.165, 1.54) is 11.6 Å². The first-order valence-electron chi connectivity index (χ1n) is 5.94. The lowest BCUT2D eigenvalue weighted by Gasteiger charge is -2.39. The Morgan fingerprint density at radius 2 is 2.25 bits per heavy atom. The minimum Gasteiger partial charge on any atom is -0.425 e. The maximum Gasteiger partial charge on any atom is 0.333 e. The van der Waals surface area contributed by atoms with Gasteiger partial charge in [-0.25, -0.2) is 4.79 Å². The SMILES string of the molecule is CC1=C[C@H]2CC[C@@H]1CCC1=CC(=O)O[C@]12O. The van der Waals surface area contributed by atoms with E-state index >= 15 is 0 Å². The molecule has 3 aliphatic carbocycles. The quantitative estimate of drug-likeness (QED) is 0.501. The Bertz CT molecular complexity index is 407. The van der Waals surface area contributed by atoms with Crippen LogP contribution in [0.2, 0.25) is 0 Å². The zero-order valence-electron chi connectivity index (χ0n) is 9.40. The zero-order valence-corrected chi connectivity index (χ0v) is 9.40. The second-order valence-corrected chi connectivity index (χ2v) is 5.12. The minimum absolute atomic E-state index is 0.0539. The van der Waals surface area contributed by atoms with Gasteiger partial charge in [0.05, 0.1) is 0 Å². The van der Waals surface area contributed by atoms with Crippen molar-refractivity contribution >= 4 is 5.97 Å². The van der Waals surface area contributed by atoms with Gasteiger partial charge in [0, 0.05) is 17.6 Å². The van der Waals surface area contributed by atoms with Crippen molar-refractivity contribution in [3.63, 3.8) is 0 Å². The van der Waals surface area contributed by atoms with Gasteiger partial charge in [0.2, 0.25) is 5.79 Å². The Hall–Kier alpha value is -1.09. The van der Waals surface area contributed by atoms with Crippen molar-refractivity contribution < 1.29 is 14.6 Å². The molecule has 1 fully saturated rings. The lowest BCUT2D eigenvalue weighted by atomic mass is 9.72. The van der Waals surface area contributed by atoms with Crippen LogP contribution in [0.5, 0.6) is 0 Å². The third-order valence-corrected chi connectivity index (χ3v) is 4.21. The molecule has 4 aliphatic rings. The molecule has 86 valence electrons. The van der Waals surface area contributed by atoms with Gasteiger partial charge in [-0.15, -0.1) is 0 Å². The summed E-state index contributed by atoms with van der Waals surface area (Å²) >= 11 is 0. The molecule has 2 bridgehead atoms. The lowest BCUT2D eigenvalue weighted by Crippen LogP contribution is -2.43. The molecule has 1 aliphatic heterocycles. The predicted octanol–water partition coefficient (Wildman–Crippen LogP) is 1.92. The number of allylic oxidation sites excluding steroid dienone is 1. The van der Waals surface area contributed by atoms with Crippen LogP contribution in [0.4, 0.5) is 0 Å². The molecule has 0 amide bonds. The van der Waals surface area contributed by atoms with Crippen LogP contribution in [-0.4, -0.2) is 16.9 Å². The Morgan fingerprint density at radius 3 is 3.00 bits per heavy atom. The number of ether oxygens (including phenoxy) is 1. The number of carbonyl (C=O) groups excluding carboxylic acids is 1. The molecule has 0 spiro atoms. The van der Waals surface area contributed by atoms with E-state index in [0.29, 0.717) is 5.92 Å². The van der Waals surface area contributed by atoms with E-state index in [1.54, 1.807) is 0 Å². The molecule has 0 unspecified atom stereocenters. The van der Waals surface area contributed by atoms with Crippen LogP contribution in [0, 0.1) is 11.8 Å². The summed E-state index contributed by atoms with van der Waals surface area (Å²) in [5, 5.41) is 10.5. The number of hydrogen-bond donors (Lipinski definition) is 1. The summed E-state index contributed by atoms with van der Waals surface area (Å²) in [5.74, 6) is -1.17. The van der Waals surface area contributed by atoms with Crippen LogP contribution >= 0.6 is 0 Å². The van der Waals surface area contributed by atoms with Crippen LogP contribution in [0.3, 0.4) is 0 Å². The third kappa shape index (κ3) is 1.27. The van der Waals surface area contributed by atoms with Crippen molar-refractivity contribution in [2.75, 3.05) is 0 Å². The molecule has 3 heteroatoms. The number of rotatable bonds is 0. The predicted molar refractivity (Wildman–Crippen MR) is 58.3 cm³/mol. The van der Waals surface area contributed by atoms with Gasteiger partial charge in [0.15, 0.2) is 0 Å². The lowest BCUT2D eigenvalue weighted by molar-refractivity contribution is -0.197.